The lowest BCUT2D eigenvalue weighted by Gasteiger charge is -2.35. The summed E-state index contributed by atoms with van der Waals surface area (Å²) in [4.78, 5) is 15.2. The lowest BCUT2D eigenvalue weighted by molar-refractivity contribution is -0.0704. The molecule has 1 aliphatic heterocycles. The molecule has 1 aromatic carbocycles. The van der Waals surface area contributed by atoms with Crippen LogP contribution in [0.4, 0.5) is 0 Å². The van der Waals surface area contributed by atoms with Gasteiger partial charge in [-0.3, -0.25) is 14.4 Å². The molecule has 6 heteroatoms. The smallest absolute Gasteiger partial charge is 0.251 e. The van der Waals surface area contributed by atoms with Crippen LogP contribution in [0, 0.1) is 0 Å². The molecular weight excluding hydrogens is 352 g/mol. The second-order valence-electron chi connectivity index (χ2n) is 8.24. The zero-order chi connectivity index (χ0) is 19.7. The molecule has 28 heavy (non-hydrogen) atoms. The van der Waals surface area contributed by atoms with E-state index in [1.807, 2.05) is 30.1 Å². The fraction of sp³-hybridized carbons (Fsp3) is 0.545. The number of morpholine rings is 1. The van der Waals surface area contributed by atoms with Crippen LogP contribution >= 0.6 is 0 Å². The molecule has 3 unspecified atom stereocenters. The van der Waals surface area contributed by atoms with Crippen molar-refractivity contribution >= 4 is 5.91 Å². The second-order valence-corrected chi connectivity index (χ2v) is 8.24. The molecule has 1 aliphatic carbocycles. The molecule has 150 valence electrons. The second kappa shape index (κ2) is 8.05. The minimum atomic E-state index is -0.0122. The Balaban J connectivity index is 1.38. The van der Waals surface area contributed by atoms with Crippen molar-refractivity contribution in [2.24, 2.45) is 7.05 Å². The number of hydrogen-bond donors (Lipinski definition) is 1. The molecule has 0 spiro atoms. The monoisotopic (exact) mass is 382 g/mol. The van der Waals surface area contributed by atoms with Gasteiger partial charge in [-0.25, -0.2) is 0 Å². The molecule has 0 radical (unpaired) electrons. The molecule has 1 N–H and O–H groups in total. The van der Waals surface area contributed by atoms with Gasteiger partial charge in [0.1, 0.15) is 0 Å². The Morgan fingerprint density at radius 2 is 1.93 bits per heavy atom. The SMILES string of the molecule is CC1CN(Cc2ccc(C(=O)NC3CCCc4c3cnn4C)cc2)CC(C)O1. The number of nitrogens with zero attached hydrogens (tertiary/aromatic N) is 3. The fourth-order valence-corrected chi connectivity index (χ4v) is 4.53. The first-order valence-electron chi connectivity index (χ1n) is 10.3. The van der Waals surface area contributed by atoms with Crippen LogP contribution in [0.15, 0.2) is 30.5 Å². The Hall–Kier alpha value is -2.18. The predicted octanol–water partition coefficient (Wildman–Crippen LogP) is 2.84. The lowest BCUT2D eigenvalue weighted by Crippen LogP contribution is -2.44. The summed E-state index contributed by atoms with van der Waals surface area (Å²) >= 11 is 0. The standard InChI is InChI=1S/C22H30N4O2/c1-15-12-26(13-16(2)28-15)14-17-7-9-18(10-8-17)22(27)24-20-5-4-6-21-19(20)11-23-25(21)3/h7-11,15-16,20H,4-6,12-14H2,1-3H3,(H,24,27). The molecule has 6 nitrogen and oxygen atoms in total. The van der Waals surface area contributed by atoms with Crippen LogP contribution in [0.3, 0.4) is 0 Å². The van der Waals surface area contributed by atoms with Gasteiger partial charge in [-0.05, 0) is 50.8 Å². The van der Waals surface area contributed by atoms with Crippen LogP contribution in [0.25, 0.3) is 0 Å². The van der Waals surface area contributed by atoms with Gasteiger partial charge in [0.25, 0.3) is 5.91 Å². The number of aromatic nitrogens is 2. The van der Waals surface area contributed by atoms with Crippen LogP contribution in [0.5, 0.6) is 0 Å². The van der Waals surface area contributed by atoms with Crippen LogP contribution < -0.4 is 5.32 Å². The van der Waals surface area contributed by atoms with Gasteiger partial charge < -0.3 is 10.1 Å². The van der Waals surface area contributed by atoms with E-state index in [0.717, 1.165) is 44.5 Å². The van der Waals surface area contributed by atoms with Crippen LogP contribution in [-0.4, -0.2) is 45.9 Å². The average Bonchev–Trinajstić information content (AvgIpc) is 3.04. The van der Waals surface area contributed by atoms with E-state index >= 15 is 0 Å². The molecule has 2 aliphatic rings. The van der Waals surface area contributed by atoms with Gasteiger partial charge in [-0.2, -0.15) is 5.10 Å². The van der Waals surface area contributed by atoms with Crippen molar-refractivity contribution in [3.63, 3.8) is 0 Å². The van der Waals surface area contributed by atoms with Crippen LogP contribution in [0.1, 0.15) is 59.9 Å². The summed E-state index contributed by atoms with van der Waals surface area (Å²) in [7, 11) is 1.97. The van der Waals surface area contributed by atoms with Gasteiger partial charge in [0.2, 0.25) is 0 Å². The van der Waals surface area contributed by atoms with Crippen LogP contribution in [0.2, 0.25) is 0 Å². The molecule has 1 amide bonds. The minimum absolute atomic E-state index is 0.0122. The lowest BCUT2D eigenvalue weighted by atomic mass is 9.92. The van der Waals surface area contributed by atoms with Crippen molar-refractivity contribution in [1.82, 2.24) is 20.0 Å². The van der Waals surface area contributed by atoms with Gasteiger partial charge >= 0.3 is 0 Å². The van der Waals surface area contributed by atoms with Gasteiger partial charge in [0, 0.05) is 43.5 Å². The number of hydrogen-bond acceptors (Lipinski definition) is 4. The summed E-state index contributed by atoms with van der Waals surface area (Å²) in [5, 5.41) is 7.56. The van der Waals surface area contributed by atoms with Gasteiger partial charge in [-0.15, -0.1) is 0 Å². The number of amides is 1. The fourth-order valence-electron chi connectivity index (χ4n) is 4.53. The highest BCUT2D eigenvalue weighted by Gasteiger charge is 2.25. The zero-order valence-electron chi connectivity index (χ0n) is 17.0. The third-order valence-electron chi connectivity index (χ3n) is 5.80. The summed E-state index contributed by atoms with van der Waals surface area (Å²) in [6, 6.07) is 8.06. The van der Waals surface area contributed by atoms with Gasteiger partial charge in [0.05, 0.1) is 24.4 Å². The van der Waals surface area contributed by atoms with E-state index in [2.05, 4.69) is 41.3 Å². The maximum Gasteiger partial charge on any atom is 0.251 e. The minimum Gasteiger partial charge on any atom is -0.373 e. The quantitative estimate of drug-likeness (QED) is 0.883. The Labute approximate surface area is 166 Å². The predicted molar refractivity (Wildman–Crippen MR) is 108 cm³/mol. The number of fused-ring (bicyclic) bond motifs is 1. The van der Waals surface area contributed by atoms with Crippen molar-refractivity contribution in [2.75, 3.05) is 13.1 Å². The van der Waals surface area contributed by atoms with E-state index in [4.69, 9.17) is 4.74 Å². The normalized spacial score (nSPS) is 25.3. The molecule has 1 fully saturated rings. The maximum atomic E-state index is 12.8. The first kappa shape index (κ1) is 19.2. The summed E-state index contributed by atoms with van der Waals surface area (Å²) in [6.45, 7) is 7.02. The van der Waals surface area contributed by atoms with Gasteiger partial charge in [0.15, 0.2) is 0 Å². The van der Waals surface area contributed by atoms with Crippen molar-refractivity contribution in [1.29, 1.82) is 0 Å². The number of rotatable bonds is 4. The van der Waals surface area contributed by atoms with E-state index in [1.165, 1.54) is 11.3 Å². The van der Waals surface area contributed by atoms with E-state index in [9.17, 15) is 4.79 Å². The Bertz CT molecular complexity index is 820. The molecule has 1 aromatic heterocycles. The molecule has 2 heterocycles. The molecule has 0 bridgehead atoms. The maximum absolute atomic E-state index is 12.8. The third-order valence-corrected chi connectivity index (χ3v) is 5.80. The number of nitrogens with one attached hydrogen (secondary N) is 1. The van der Waals surface area contributed by atoms with E-state index in [1.54, 1.807) is 0 Å². The highest BCUT2D eigenvalue weighted by molar-refractivity contribution is 5.94. The molecule has 2 aromatic rings. The summed E-state index contributed by atoms with van der Waals surface area (Å²) in [5.74, 6) is -0.0122. The van der Waals surface area contributed by atoms with Crippen molar-refractivity contribution in [3.8, 4) is 0 Å². The summed E-state index contributed by atoms with van der Waals surface area (Å²) in [5.41, 5.74) is 4.34. The Kier molecular flexibility index (Phi) is 5.51. The zero-order valence-corrected chi connectivity index (χ0v) is 17.0. The van der Waals surface area contributed by atoms with Gasteiger partial charge in [-0.1, -0.05) is 12.1 Å². The molecule has 1 saturated heterocycles. The number of ether oxygens (including phenoxy) is 1. The highest BCUT2D eigenvalue weighted by atomic mass is 16.5. The number of carbonyl (C=O) groups is 1. The number of aryl methyl sites for hydroxylation is 1. The summed E-state index contributed by atoms with van der Waals surface area (Å²) in [6.07, 6.45) is 5.50. The Morgan fingerprint density at radius 1 is 1.21 bits per heavy atom. The average molecular weight is 383 g/mol. The molecule has 4 rings (SSSR count). The van der Waals surface area contributed by atoms with Crippen molar-refractivity contribution in [3.05, 3.63) is 52.8 Å². The number of benzene rings is 1. The van der Waals surface area contributed by atoms with Crippen molar-refractivity contribution in [2.45, 2.75) is 57.9 Å². The van der Waals surface area contributed by atoms with E-state index in [-0.39, 0.29) is 24.2 Å². The highest BCUT2D eigenvalue weighted by Crippen LogP contribution is 2.29. The van der Waals surface area contributed by atoms with E-state index in [0.29, 0.717) is 5.56 Å². The molecule has 3 atom stereocenters. The van der Waals surface area contributed by atoms with Crippen molar-refractivity contribution < 1.29 is 9.53 Å². The largest absolute Gasteiger partial charge is 0.373 e. The van der Waals surface area contributed by atoms with Crippen LogP contribution in [-0.2, 0) is 24.8 Å². The summed E-state index contributed by atoms with van der Waals surface area (Å²) < 4.78 is 7.73. The molecule has 0 saturated carbocycles. The first-order chi connectivity index (χ1) is 13.5. The molecular formula is C22H30N4O2. The number of carbonyl (C=O) groups excluding carboxylic acids is 1. The third kappa shape index (κ3) is 4.13. The Morgan fingerprint density at radius 3 is 2.64 bits per heavy atom. The first-order valence-corrected chi connectivity index (χ1v) is 10.3. The topological polar surface area (TPSA) is 59.4 Å². The van der Waals surface area contributed by atoms with E-state index < -0.39 is 0 Å².